The molecule has 0 aliphatic rings. The van der Waals surface area contributed by atoms with E-state index >= 15 is 0 Å². The maximum Gasteiger partial charge on any atom is 0.0489 e. The third-order valence-electron chi connectivity index (χ3n) is 1.27. The van der Waals surface area contributed by atoms with E-state index in [1.165, 1.54) is 0 Å². The fourth-order valence-electron chi connectivity index (χ4n) is 0.690. The molecule has 2 N–H and O–H groups in total. The van der Waals surface area contributed by atoms with Crippen LogP contribution in [0.3, 0.4) is 0 Å². The summed E-state index contributed by atoms with van der Waals surface area (Å²) >= 11 is 0. The monoisotopic (exact) mass is 182 g/mol. The van der Waals surface area contributed by atoms with Crippen LogP contribution in [0.5, 0.6) is 0 Å². The van der Waals surface area contributed by atoms with E-state index in [0.29, 0.717) is 0 Å². The second-order valence-corrected chi connectivity index (χ2v) is 2.36. The van der Waals surface area contributed by atoms with Gasteiger partial charge in [0.2, 0.25) is 0 Å². The van der Waals surface area contributed by atoms with Crippen molar-refractivity contribution >= 4 is 0 Å². The van der Waals surface area contributed by atoms with Gasteiger partial charge in [-0.15, -0.1) is 0 Å². The van der Waals surface area contributed by atoms with Crippen molar-refractivity contribution in [3.8, 4) is 0 Å². The van der Waals surface area contributed by atoms with Gasteiger partial charge < -0.3 is 5.48 Å². The van der Waals surface area contributed by atoms with Crippen molar-refractivity contribution in [1.82, 2.24) is 19.6 Å². The van der Waals surface area contributed by atoms with E-state index in [4.69, 9.17) is 0 Å². The minimum absolute atomic E-state index is 0. The van der Waals surface area contributed by atoms with E-state index in [1.54, 1.807) is 21.8 Å². The minimum atomic E-state index is 0. The van der Waals surface area contributed by atoms with Gasteiger partial charge in [0.05, 0.1) is 0 Å². The summed E-state index contributed by atoms with van der Waals surface area (Å²) in [5, 5.41) is 7.67. The maximum atomic E-state index is 3.83. The summed E-state index contributed by atoms with van der Waals surface area (Å²) in [7, 11) is 3.78. The Kier molecular flexibility index (Phi) is 5.22. The Morgan fingerprint density at radius 1 is 0.846 bits per heavy atom. The van der Waals surface area contributed by atoms with Gasteiger partial charge >= 0.3 is 0 Å². The number of hydrogen-bond acceptors (Lipinski definition) is 2. The van der Waals surface area contributed by atoms with Crippen LogP contribution < -0.4 is 0 Å². The van der Waals surface area contributed by atoms with Crippen molar-refractivity contribution in [3.05, 3.63) is 36.9 Å². The van der Waals surface area contributed by atoms with E-state index in [2.05, 4.69) is 10.2 Å². The lowest BCUT2D eigenvalue weighted by atomic mass is 10.8. The van der Waals surface area contributed by atoms with Gasteiger partial charge in [-0.1, -0.05) is 0 Å². The molecule has 2 heterocycles. The zero-order valence-corrected chi connectivity index (χ0v) is 7.75. The largest absolute Gasteiger partial charge is 0.412 e. The van der Waals surface area contributed by atoms with Crippen molar-refractivity contribution < 1.29 is 5.48 Å². The highest BCUT2D eigenvalue weighted by Crippen LogP contribution is 1.73. The molecule has 0 unspecified atom stereocenters. The molecule has 0 amide bonds. The molecule has 0 aliphatic carbocycles. The molecule has 13 heavy (non-hydrogen) atoms. The van der Waals surface area contributed by atoms with Crippen LogP contribution in [0.4, 0.5) is 0 Å². The third-order valence-corrected chi connectivity index (χ3v) is 1.27. The van der Waals surface area contributed by atoms with Gasteiger partial charge in [0.1, 0.15) is 0 Å². The molecule has 0 aromatic carbocycles. The Bertz CT molecular complexity index is 256. The second-order valence-electron chi connectivity index (χ2n) is 2.36. The van der Waals surface area contributed by atoms with Crippen LogP contribution in [-0.4, -0.2) is 25.0 Å². The quantitative estimate of drug-likeness (QED) is 0.576. The van der Waals surface area contributed by atoms with E-state index in [-0.39, 0.29) is 5.48 Å². The molecule has 2 aromatic heterocycles. The van der Waals surface area contributed by atoms with Crippen LogP contribution in [0.1, 0.15) is 0 Å². The Labute approximate surface area is 76.9 Å². The number of rotatable bonds is 0. The Balaban J connectivity index is 0.000000206. The second kappa shape index (κ2) is 5.96. The average Bonchev–Trinajstić information content (AvgIpc) is 2.63. The standard InChI is InChI=1S/2C4H6N2.H2O/c2*1-6-4-2-3-5-6;/h2*2-4H,1H3;1H2. The highest BCUT2D eigenvalue weighted by molar-refractivity contribution is 4.76. The van der Waals surface area contributed by atoms with Gasteiger partial charge in [0.25, 0.3) is 0 Å². The summed E-state index contributed by atoms with van der Waals surface area (Å²) in [5.41, 5.74) is 0. The van der Waals surface area contributed by atoms with Gasteiger partial charge in [-0.05, 0) is 12.1 Å². The molecule has 5 heteroatoms. The molecule has 5 nitrogen and oxygen atoms in total. The molecule has 0 saturated heterocycles. The predicted molar refractivity (Wildman–Crippen MR) is 50.0 cm³/mol. The molecule has 0 saturated carbocycles. The first-order valence-electron chi connectivity index (χ1n) is 3.66. The highest BCUT2D eigenvalue weighted by atomic mass is 16.0. The van der Waals surface area contributed by atoms with Crippen LogP contribution in [0, 0.1) is 0 Å². The van der Waals surface area contributed by atoms with Crippen molar-refractivity contribution in [1.29, 1.82) is 0 Å². The van der Waals surface area contributed by atoms with Crippen LogP contribution in [0.2, 0.25) is 0 Å². The van der Waals surface area contributed by atoms with E-state index < -0.39 is 0 Å². The highest BCUT2D eigenvalue weighted by Gasteiger charge is 1.69. The van der Waals surface area contributed by atoms with Gasteiger partial charge in [-0.3, -0.25) is 9.36 Å². The normalized spacial score (nSPS) is 8.15. The molecule has 0 aliphatic heterocycles. The van der Waals surface area contributed by atoms with Crippen LogP contribution >= 0.6 is 0 Å². The molecule has 0 fully saturated rings. The van der Waals surface area contributed by atoms with E-state index in [0.717, 1.165) is 0 Å². The van der Waals surface area contributed by atoms with Gasteiger partial charge in [0, 0.05) is 38.9 Å². The van der Waals surface area contributed by atoms with Crippen molar-refractivity contribution in [2.45, 2.75) is 0 Å². The lowest BCUT2D eigenvalue weighted by molar-refractivity contribution is 0.767. The molecular formula is C8H14N4O. The third kappa shape index (κ3) is 4.76. The maximum absolute atomic E-state index is 3.83. The molecule has 0 bridgehead atoms. The number of nitrogens with zero attached hydrogens (tertiary/aromatic N) is 4. The summed E-state index contributed by atoms with van der Waals surface area (Å²) in [6.45, 7) is 0. The van der Waals surface area contributed by atoms with Crippen molar-refractivity contribution in [2.75, 3.05) is 0 Å². The molecule has 2 aromatic rings. The minimum Gasteiger partial charge on any atom is -0.412 e. The Morgan fingerprint density at radius 2 is 1.23 bits per heavy atom. The van der Waals surface area contributed by atoms with E-state index in [1.807, 2.05) is 38.6 Å². The first-order valence-corrected chi connectivity index (χ1v) is 3.66. The fourth-order valence-corrected chi connectivity index (χ4v) is 0.690. The molecule has 0 atom stereocenters. The topological polar surface area (TPSA) is 67.1 Å². The Morgan fingerprint density at radius 3 is 1.31 bits per heavy atom. The smallest absolute Gasteiger partial charge is 0.0489 e. The van der Waals surface area contributed by atoms with Gasteiger partial charge in [-0.2, -0.15) is 10.2 Å². The molecule has 0 spiro atoms. The molecule has 0 radical (unpaired) electrons. The number of aryl methyl sites for hydroxylation is 2. The van der Waals surface area contributed by atoms with Crippen molar-refractivity contribution in [3.63, 3.8) is 0 Å². The van der Waals surface area contributed by atoms with Crippen molar-refractivity contribution in [2.24, 2.45) is 14.1 Å². The first kappa shape index (κ1) is 11.4. The number of hydrogen-bond donors (Lipinski definition) is 0. The summed E-state index contributed by atoms with van der Waals surface area (Å²) in [5.74, 6) is 0. The lowest BCUT2D eigenvalue weighted by Gasteiger charge is -1.77. The average molecular weight is 182 g/mol. The Hall–Kier alpha value is -1.62. The van der Waals surface area contributed by atoms with Crippen LogP contribution in [0.15, 0.2) is 36.9 Å². The number of aromatic nitrogens is 4. The first-order chi connectivity index (χ1) is 5.79. The van der Waals surface area contributed by atoms with Crippen LogP contribution in [0.25, 0.3) is 0 Å². The van der Waals surface area contributed by atoms with Crippen LogP contribution in [-0.2, 0) is 14.1 Å². The fraction of sp³-hybridized carbons (Fsp3) is 0.250. The predicted octanol–water partition coefficient (Wildman–Crippen LogP) is 0.0155. The SMILES string of the molecule is Cn1cccn1.Cn1cccn1.O. The van der Waals surface area contributed by atoms with Gasteiger partial charge in [0.15, 0.2) is 0 Å². The summed E-state index contributed by atoms with van der Waals surface area (Å²) in [4.78, 5) is 0. The zero-order valence-electron chi connectivity index (χ0n) is 7.75. The van der Waals surface area contributed by atoms with E-state index in [9.17, 15) is 0 Å². The zero-order chi connectivity index (χ0) is 8.81. The lowest BCUT2D eigenvalue weighted by Crippen LogP contribution is -1.83. The summed E-state index contributed by atoms with van der Waals surface area (Å²) < 4.78 is 3.50. The summed E-state index contributed by atoms with van der Waals surface area (Å²) in [6.07, 6.45) is 7.28. The van der Waals surface area contributed by atoms with Gasteiger partial charge in [-0.25, -0.2) is 0 Å². The molecule has 2 rings (SSSR count). The molecule has 72 valence electrons. The summed E-state index contributed by atoms with van der Waals surface area (Å²) in [6, 6.07) is 3.78. The molecular weight excluding hydrogens is 168 g/mol.